The van der Waals surface area contributed by atoms with Gasteiger partial charge >= 0.3 is 0 Å². The van der Waals surface area contributed by atoms with Gasteiger partial charge in [-0.25, -0.2) is 0 Å². The number of carbonyl (C=O) groups excluding carboxylic acids is 1. The molecule has 3 rings (SSSR count). The zero-order valence-corrected chi connectivity index (χ0v) is 15.9. The largest absolute Gasteiger partial charge is 0.300 e. The molecule has 1 unspecified atom stereocenters. The Morgan fingerprint density at radius 3 is 2.44 bits per heavy atom. The molecule has 1 N–H and O–H groups in total. The number of thioether (sulfide) groups is 1. The topological polar surface area (TPSA) is 54.9 Å². The second-order valence-corrected chi connectivity index (χ2v) is 8.04. The first kappa shape index (κ1) is 17.9. The van der Waals surface area contributed by atoms with E-state index in [9.17, 15) is 4.79 Å². The summed E-state index contributed by atoms with van der Waals surface area (Å²) in [6.07, 6.45) is 0. The van der Waals surface area contributed by atoms with E-state index in [0.29, 0.717) is 15.9 Å². The van der Waals surface area contributed by atoms with Crippen molar-refractivity contribution < 1.29 is 4.79 Å². The van der Waals surface area contributed by atoms with Crippen molar-refractivity contribution in [2.75, 3.05) is 11.1 Å². The Kier molecular flexibility index (Phi) is 6.07. The molecule has 0 saturated carbocycles. The minimum Gasteiger partial charge on any atom is -0.300 e. The third-order valence-electron chi connectivity index (χ3n) is 3.43. The number of carbonyl (C=O) groups is 1. The van der Waals surface area contributed by atoms with Crippen LogP contribution in [0.2, 0.25) is 5.02 Å². The zero-order chi connectivity index (χ0) is 17.6. The standard InChI is InChI=1S/C18H16ClN3OS2/c1-12-21-22-18(25-12)20-16(23)11-24-17(13-5-3-2-4-6-13)14-7-9-15(19)10-8-14/h2-10,17H,11H2,1H3,(H,20,22,23). The zero-order valence-electron chi connectivity index (χ0n) is 13.5. The number of amides is 1. The molecule has 1 atom stereocenters. The molecule has 1 aromatic heterocycles. The smallest absolute Gasteiger partial charge is 0.236 e. The van der Waals surface area contributed by atoms with E-state index in [0.717, 1.165) is 16.1 Å². The van der Waals surface area contributed by atoms with Crippen molar-refractivity contribution in [2.45, 2.75) is 12.2 Å². The number of aromatic nitrogens is 2. The van der Waals surface area contributed by atoms with Gasteiger partial charge < -0.3 is 0 Å². The number of benzene rings is 2. The summed E-state index contributed by atoms with van der Waals surface area (Å²) in [5, 5.41) is 12.7. The van der Waals surface area contributed by atoms with Gasteiger partial charge in [-0.1, -0.05) is 65.4 Å². The van der Waals surface area contributed by atoms with E-state index in [4.69, 9.17) is 11.6 Å². The SMILES string of the molecule is Cc1nnc(NC(=O)CSC(c2ccccc2)c2ccc(Cl)cc2)s1. The second kappa shape index (κ2) is 8.47. The normalized spacial score (nSPS) is 11.9. The van der Waals surface area contributed by atoms with Gasteiger partial charge in [0, 0.05) is 5.02 Å². The predicted octanol–water partition coefficient (Wildman–Crippen LogP) is 4.96. The van der Waals surface area contributed by atoms with Crippen molar-refractivity contribution in [3.8, 4) is 0 Å². The molecule has 128 valence electrons. The fraction of sp³-hybridized carbons (Fsp3) is 0.167. The molecular weight excluding hydrogens is 374 g/mol. The Hall–Kier alpha value is -1.89. The molecule has 0 bridgehead atoms. The van der Waals surface area contributed by atoms with Gasteiger partial charge in [-0.2, -0.15) is 0 Å². The molecular formula is C18H16ClN3OS2. The molecule has 0 saturated heterocycles. The van der Waals surface area contributed by atoms with Crippen molar-refractivity contribution in [2.24, 2.45) is 0 Å². The van der Waals surface area contributed by atoms with E-state index in [-0.39, 0.29) is 11.2 Å². The molecule has 0 aliphatic heterocycles. The number of aryl methyl sites for hydroxylation is 1. The highest BCUT2D eigenvalue weighted by Gasteiger charge is 2.17. The minimum atomic E-state index is -0.0870. The maximum atomic E-state index is 12.2. The Bertz CT molecular complexity index is 837. The third kappa shape index (κ3) is 5.04. The van der Waals surface area contributed by atoms with Gasteiger partial charge in [0.25, 0.3) is 0 Å². The van der Waals surface area contributed by atoms with Crippen molar-refractivity contribution in [3.05, 3.63) is 75.8 Å². The van der Waals surface area contributed by atoms with Gasteiger partial charge in [0.1, 0.15) is 5.01 Å². The van der Waals surface area contributed by atoms with E-state index in [1.54, 1.807) is 11.8 Å². The maximum absolute atomic E-state index is 12.2. The molecule has 0 fully saturated rings. The van der Waals surface area contributed by atoms with Gasteiger partial charge in [-0.15, -0.1) is 22.0 Å². The predicted molar refractivity (Wildman–Crippen MR) is 105 cm³/mol. The summed E-state index contributed by atoms with van der Waals surface area (Å²) in [4.78, 5) is 12.2. The van der Waals surface area contributed by atoms with Gasteiger partial charge in [-0.05, 0) is 30.2 Å². The van der Waals surface area contributed by atoms with E-state index in [1.807, 2.05) is 49.4 Å². The molecule has 1 heterocycles. The first-order valence-electron chi connectivity index (χ1n) is 7.64. The fourth-order valence-corrected chi connectivity index (χ4v) is 4.14. The van der Waals surface area contributed by atoms with Gasteiger partial charge in [0.15, 0.2) is 0 Å². The molecule has 3 aromatic rings. The van der Waals surface area contributed by atoms with E-state index >= 15 is 0 Å². The highest BCUT2D eigenvalue weighted by Crippen LogP contribution is 2.36. The Morgan fingerprint density at radius 1 is 1.12 bits per heavy atom. The lowest BCUT2D eigenvalue weighted by Crippen LogP contribution is -2.15. The van der Waals surface area contributed by atoms with Gasteiger partial charge in [0.2, 0.25) is 11.0 Å². The molecule has 2 aromatic carbocycles. The molecule has 7 heteroatoms. The molecule has 25 heavy (non-hydrogen) atoms. The van der Waals surface area contributed by atoms with Gasteiger partial charge in [-0.3, -0.25) is 10.1 Å². The van der Waals surface area contributed by atoms with Crippen LogP contribution in [0.3, 0.4) is 0 Å². The van der Waals surface area contributed by atoms with Crippen LogP contribution in [0.25, 0.3) is 0 Å². The number of hydrogen-bond donors (Lipinski definition) is 1. The highest BCUT2D eigenvalue weighted by molar-refractivity contribution is 8.00. The maximum Gasteiger partial charge on any atom is 0.236 e. The van der Waals surface area contributed by atoms with Crippen LogP contribution < -0.4 is 5.32 Å². The number of rotatable bonds is 6. The van der Waals surface area contributed by atoms with Gasteiger partial charge in [0.05, 0.1) is 11.0 Å². The monoisotopic (exact) mass is 389 g/mol. The Labute approximate surface area is 159 Å². The highest BCUT2D eigenvalue weighted by atomic mass is 35.5. The summed E-state index contributed by atoms with van der Waals surface area (Å²) in [5.74, 6) is 0.233. The summed E-state index contributed by atoms with van der Waals surface area (Å²) in [6.45, 7) is 1.86. The Morgan fingerprint density at radius 2 is 1.80 bits per heavy atom. The van der Waals surface area contributed by atoms with Crippen LogP contribution in [-0.2, 0) is 4.79 Å². The molecule has 0 aliphatic rings. The fourth-order valence-electron chi connectivity index (χ4n) is 2.31. The van der Waals surface area contributed by atoms with E-state index < -0.39 is 0 Å². The molecule has 0 radical (unpaired) electrons. The average molecular weight is 390 g/mol. The van der Waals surface area contributed by atoms with Crippen molar-refractivity contribution >= 4 is 45.7 Å². The van der Waals surface area contributed by atoms with Crippen molar-refractivity contribution in [3.63, 3.8) is 0 Å². The van der Waals surface area contributed by atoms with Crippen LogP contribution in [0.15, 0.2) is 54.6 Å². The number of hydrogen-bond acceptors (Lipinski definition) is 5. The van der Waals surface area contributed by atoms with Crippen molar-refractivity contribution in [1.29, 1.82) is 0 Å². The first-order chi connectivity index (χ1) is 12.1. The van der Waals surface area contributed by atoms with E-state index in [1.165, 1.54) is 11.3 Å². The first-order valence-corrected chi connectivity index (χ1v) is 9.88. The average Bonchev–Trinajstić information content (AvgIpc) is 3.02. The summed E-state index contributed by atoms with van der Waals surface area (Å²) in [6, 6.07) is 17.9. The molecule has 1 amide bonds. The van der Waals surface area contributed by atoms with Crippen LogP contribution in [0.5, 0.6) is 0 Å². The lowest BCUT2D eigenvalue weighted by Gasteiger charge is -2.17. The lowest BCUT2D eigenvalue weighted by molar-refractivity contribution is -0.113. The van der Waals surface area contributed by atoms with E-state index in [2.05, 4.69) is 27.6 Å². The summed E-state index contributed by atoms with van der Waals surface area (Å²) < 4.78 is 0. The summed E-state index contributed by atoms with van der Waals surface area (Å²) >= 11 is 8.94. The number of nitrogens with one attached hydrogen (secondary N) is 1. The molecule has 0 spiro atoms. The quantitative estimate of drug-likeness (QED) is 0.647. The number of anilines is 1. The molecule has 4 nitrogen and oxygen atoms in total. The summed E-state index contributed by atoms with van der Waals surface area (Å²) in [5.41, 5.74) is 2.26. The molecule has 0 aliphatic carbocycles. The lowest BCUT2D eigenvalue weighted by atomic mass is 10.0. The third-order valence-corrected chi connectivity index (χ3v) is 5.74. The summed E-state index contributed by atoms with van der Waals surface area (Å²) in [7, 11) is 0. The van der Waals surface area contributed by atoms with Crippen LogP contribution in [0, 0.1) is 6.92 Å². The minimum absolute atomic E-state index is 0.0559. The second-order valence-electron chi connectivity index (χ2n) is 5.33. The van der Waals surface area contributed by atoms with Crippen LogP contribution in [0.1, 0.15) is 21.4 Å². The van der Waals surface area contributed by atoms with Crippen LogP contribution in [-0.4, -0.2) is 21.9 Å². The Balaban J connectivity index is 1.71. The van der Waals surface area contributed by atoms with Crippen molar-refractivity contribution in [1.82, 2.24) is 10.2 Å². The number of halogens is 1. The van der Waals surface area contributed by atoms with Crippen LogP contribution >= 0.6 is 34.7 Å². The number of nitrogens with zero attached hydrogens (tertiary/aromatic N) is 2. The van der Waals surface area contributed by atoms with Crippen LogP contribution in [0.4, 0.5) is 5.13 Å².